The van der Waals surface area contributed by atoms with Crippen LogP contribution in [0, 0.1) is 11.8 Å². The summed E-state index contributed by atoms with van der Waals surface area (Å²) in [5.74, 6) is -6.87. The molecule has 1 saturated carbocycles. The summed E-state index contributed by atoms with van der Waals surface area (Å²) in [6, 6.07) is 1.94. The van der Waals surface area contributed by atoms with Crippen LogP contribution in [0.3, 0.4) is 0 Å². The number of aromatic hydroxyl groups is 1. The van der Waals surface area contributed by atoms with E-state index in [2.05, 4.69) is 10.6 Å². The Hall–Kier alpha value is -3.90. The first-order valence-corrected chi connectivity index (χ1v) is 12.7. The summed E-state index contributed by atoms with van der Waals surface area (Å²) in [6.45, 7) is 1.28. The number of ketones is 2. The van der Waals surface area contributed by atoms with E-state index in [1.165, 1.54) is 11.0 Å². The normalized spacial score (nSPS) is 26.2. The van der Waals surface area contributed by atoms with E-state index in [1.54, 1.807) is 41.2 Å². The van der Waals surface area contributed by atoms with E-state index >= 15 is 0 Å². The molecule has 12 heteroatoms. The summed E-state index contributed by atoms with van der Waals surface area (Å²) in [5.41, 5.74) is -2.26. The number of amides is 2. The zero-order valence-corrected chi connectivity index (χ0v) is 22.5. The molecule has 0 heterocycles. The number of fused-ring (bicyclic) bond motifs is 3. The summed E-state index contributed by atoms with van der Waals surface area (Å²) in [5, 5.41) is 49.6. The Morgan fingerprint density at radius 3 is 2.33 bits per heavy atom. The van der Waals surface area contributed by atoms with Crippen molar-refractivity contribution in [3.63, 3.8) is 0 Å². The second-order valence-corrected chi connectivity index (χ2v) is 10.6. The van der Waals surface area contributed by atoms with Crippen LogP contribution in [0.5, 0.6) is 5.75 Å². The summed E-state index contributed by atoms with van der Waals surface area (Å²) < 4.78 is 0. The molecule has 12 nitrogen and oxygen atoms in total. The van der Waals surface area contributed by atoms with Crippen LogP contribution in [-0.2, 0) is 25.6 Å². The zero-order chi connectivity index (χ0) is 29.0. The van der Waals surface area contributed by atoms with Crippen molar-refractivity contribution in [2.24, 2.45) is 11.8 Å². The van der Waals surface area contributed by atoms with Crippen LogP contribution < -0.4 is 15.5 Å². The SMILES string of the molecule is CCC(=O)NCNC(=O)C1=C(O)[C@@]2(O)C(=O)C3=C(O)c4c(O)ccc(N(C)C)c4C[C@H]3C[C@H]2[C@H](N(C)C)C1=O. The van der Waals surface area contributed by atoms with Gasteiger partial charge in [0.2, 0.25) is 11.7 Å². The van der Waals surface area contributed by atoms with E-state index in [4.69, 9.17) is 0 Å². The van der Waals surface area contributed by atoms with Gasteiger partial charge in [0.1, 0.15) is 22.8 Å². The molecule has 39 heavy (non-hydrogen) atoms. The number of aliphatic hydroxyl groups excluding tert-OH is 2. The van der Waals surface area contributed by atoms with Crippen molar-refractivity contribution in [2.75, 3.05) is 39.8 Å². The zero-order valence-electron chi connectivity index (χ0n) is 22.5. The number of rotatable bonds is 6. The van der Waals surface area contributed by atoms with E-state index < -0.39 is 58.0 Å². The summed E-state index contributed by atoms with van der Waals surface area (Å²) in [6.07, 6.45) is 0.428. The van der Waals surface area contributed by atoms with Crippen LogP contribution in [0.15, 0.2) is 29.0 Å². The minimum atomic E-state index is -2.69. The molecule has 0 unspecified atom stereocenters. The largest absolute Gasteiger partial charge is 0.508 e. The number of aliphatic hydroxyl groups is 3. The lowest BCUT2D eigenvalue weighted by Gasteiger charge is -2.50. The molecule has 0 aliphatic heterocycles. The number of phenolic OH excluding ortho intramolecular Hbond substituents is 1. The van der Waals surface area contributed by atoms with Gasteiger partial charge in [-0.1, -0.05) is 6.92 Å². The smallest absolute Gasteiger partial charge is 0.259 e. The molecule has 0 aromatic heterocycles. The Morgan fingerprint density at radius 1 is 1.08 bits per heavy atom. The van der Waals surface area contributed by atoms with Crippen LogP contribution in [-0.4, -0.2) is 95.2 Å². The number of likely N-dealkylation sites (N-methyl/N-ethyl adjacent to an activating group) is 1. The number of carbonyl (C=O) groups is 4. The number of nitrogens with one attached hydrogen (secondary N) is 2. The van der Waals surface area contributed by atoms with Crippen molar-refractivity contribution >= 4 is 34.8 Å². The average Bonchev–Trinajstić information content (AvgIpc) is 2.85. The number of Topliss-reactive ketones (excluding diaryl/α,β-unsaturated/α-hetero) is 2. The van der Waals surface area contributed by atoms with Gasteiger partial charge in [-0.25, -0.2) is 0 Å². The number of nitrogens with zero attached hydrogens (tertiary/aromatic N) is 2. The Labute approximate surface area is 225 Å². The molecule has 6 N–H and O–H groups in total. The minimum Gasteiger partial charge on any atom is -0.508 e. The van der Waals surface area contributed by atoms with Crippen molar-refractivity contribution < 1.29 is 39.6 Å². The average molecular weight is 543 g/mol. The molecule has 4 rings (SSSR count). The van der Waals surface area contributed by atoms with Crippen LogP contribution in [0.2, 0.25) is 0 Å². The van der Waals surface area contributed by atoms with Crippen molar-refractivity contribution in [3.8, 4) is 5.75 Å². The first-order valence-electron chi connectivity index (χ1n) is 12.7. The third kappa shape index (κ3) is 4.23. The van der Waals surface area contributed by atoms with Gasteiger partial charge in [-0.05, 0) is 50.6 Å². The van der Waals surface area contributed by atoms with Crippen LogP contribution >= 0.6 is 0 Å². The lowest BCUT2D eigenvalue weighted by molar-refractivity contribution is -0.153. The summed E-state index contributed by atoms with van der Waals surface area (Å²) >= 11 is 0. The van der Waals surface area contributed by atoms with Gasteiger partial charge in [0.15, 0.2) is 11.4 Å². The molecule has 1 aromatic rings. The maximum absolute atomic E-state index is 14.0. The summed E-state index contributed by atoms with van der Waals surface area (Å²) in [7, 11) is 6.74. The van der Waals surface area contributed by atoms with Gasteiger partial charge in [-0.15, -0.1) is 0 Å². The highest BCUT2D eigenvalue weighted by Crippen LogP contribution is 2.53. The molecule has 1 aromatic carbocycles. The number of phenols is 1. The Kier molecular flexibility index (Phi) is 7.21. The lowest BCUT2D eigenvalue weighted by Crippen LogP contribution is -2.66. The van der Waals surface area contributed by atoms with Crippen molar-refractivity contribution in [1.82, 2.24) is 15.5 Å². The van der Waals surface area contributed by atoms with E-state index in [1.807, 2.05) is 4.90 Å². The Balaban J connectivity index is 1.86. The molecular weight excluding hydrogens is 508 g/mol. The van der Waals surface area contributed by atoms with Crippen LogP contribution in [0.1, 0.15) is 30.9 Å². The predicted octanol–water partition coefficient (Wildman–Crippen LogP) is 0.145. The monoisotopic (exact) mass is 542 g/mol. The van der Waals surface area contributed by atoms with Crippen LogP contribution in [0.25, 0.3) is 5.76 Å². The van der Waals surface area contributed by atoms with Gasteiger partial charge < -0.3 is 36.0 Å². The molecule has 1 fully saturated rings. The van der Waals surface area contributed by atoms with Gasteiger partial charge in [0, 0.05) is 37.7 Å². The van der Waals surface area contributed by atoms with Gasteiger partial charge in [-0.2, -0.15) is 0 Å². The predicted molar refractivity (Wildman–Crippen MR) is 141 cm³/mol. The molecule has 3 aliphatic carbocycles. The summed E-state index contributed by atoms with van der Waals surface area (Å²) in [4.78, 5) is 55.4. The third-order valence-corrected chi connectivity index (χ3v) is 7.90. The van der Waals surface area contributed by atoms with Crippen LogP contribution in [0.4, 0.5) is 5.69 Å². The fourth-order valence-electron chi connectivity index (χ4n) is 6.06. The van der Waals surface area contributed by atoms with E-state index in [0.717, 1.165) is 5.69 Å². The van der Waals surface area contributed by atoms with E-state index in [0.29, 0.717) is 5.56 Å². The Bertz CT molecular complexity index is 1330. The second kappa shape index (κ2) is 10.0. The second-order valence-electron chi connectivity index (χ2n) is 10.6. The number of benzene rings is 1. The molecule has 2 amide bonds. The fraction of sp³-hybridized carbons (Fsp3) is 0.481. The van der Waals surface area contributed by atoms with Gasteiger partial charge in [-0.3, -0.25) is 24.1 Å². The minimum absolute atomic E-state index is 0.0314. The number of carbonyl (C=O) groups excluding carboxylic acids is 4. The molecule has 0 spiro atoms. The van der Waals surface area contributed by atoms with Crippen molar-refractivity contribution in [3.05, 3.63) is 40.2 Å². The first kappa shape index (κ1) is 28.1. The molecule has 4 atom stereocenters. The highest BCUT2D eigenvalue weighted by molar-refractivity contribution is 6.25. The van der Waals surface area contributed by atoms with E-state index in [9.17, 15) is 39.6 Å². The molecule has 3 aliphatic rings. The van der Waals surface area contributed by atoms with Crippen molar-refractivity contribution in [2.45, 2.75) is 37.8 Å². The molecular formula is C27H34N4O8. The highest BCUT2D eigenvalue weighted by atomic mass is 16.3. The van der Waals surface area contributed by atoms with Gasteiger partial charge in [0.05, 0.1) is 18.3 Å². The lowest BCUT2D eigenvalue weighted by atomic mass is 9.57. The number of hydrogen-bond acceptors (Lipinski definition) is 10. The number of anilines is 1. The third-order valence-electron chi connectivity index (χ3n) is 7.90. The number of hydrogen-bond donors (Lipinski definition) is 6. The standard InChI is InChI=1S/C27H34N4O8/c1-6-17(33)28-11-29-26(38)20-23(35)21(31(4)5)14-10-12-9-13-15(30(2)3)7-8-16(32)19(13)22(34)18(12)24(36)27(14,39)25(20)37/h7-8,12,14,21,32,34,37,39H,6,9-11H2,1-5H3,(H,28,33)(H,29,38)/t12-,14-,21-,27-/m0/s1. The maximum Gasteiger partial charge on any atom is 0.259 e. The quantitative estimate of drug-likeness (QED) is 0.214. The Morgan fingerprint density at radius 2 is 1.74 bits per heavy atom. The molecule has 210 valence electrons. The molecule has 0 saturated heterocycles. The maximum atomic E-state index is 14.0. The van der Waals surface area contributed by atoms with E-state index in [-0.39, 0.29) is 48.7 Å². The molecule has 0 radical (unpaired) electrons. The topological polar surface area (TPSA) is 180 Å². The fourth-order valence-corrected chi connectivity index (χ4v) is 6.06. The van der Waals surface area contributed by atoms with Gasteiger partial charge in [0.25, 0.3) is 5.91 Å². The van der Waals surface area contributed by atoms with Gasteiger partial charge >= 0.3 is 0 Å². The first-order chi connectivity index (χ1) is 18.3. The van der Waals surface area contributed by atoms with Crippen molar-refractivity contribution in [1.29, 1.82) is 0 Å². The molecule has 0 bridgehead atoms. The highest BCUT2D eigenvalue weighted by Gasteiger charge is 2.64.